The molecule has 0 amide bonds. The predicted octanol–water partition coefficient (Wildman–Crippen LogP) is 1.97. The zero-order chi connectivity index (χ0) is 8.97. The minimum atomic E-state index is 0.743. The molecule has 2 nitrogen and oxygen atoms in total. The molecule has 1 aliphatic heterocycles. The van der Waals surface area contributed by atoms with Crippen LogP contribution < -0.4 is 5.32 Å². The van der Waals surface area contributed by atoms with Gasteiger partial charge in [0, 0.05) is 6.54 Å². The molecule has 2 heteroatoms. The number of ether oxygens (including phenoxy) is 1. The van der Waals surface area contributed by atoms with E-state index < -0.39 is 0 Å². The summed E-state index contributed by atoms with van der Waals surface area (Å²) < 4.78 is 5.43. The van der Waals surface area contributed by atoms with Crippen molar-refractivity contribution in [3.8, 4) is 0 Å². The molecule has 0 saturated carbocycles. The molecule has 0 aliphatic carbocycles. The quantitative estimate of drug-likeness (QED) is 0.632. The fourth-order valence-corrected chi connectivity index (χ4v) is 0.986. The van der Waals surface area contributed by atoms with Crippen molar-refractivity contribution >= 4 is 0 Å². The Balaban J connectivity index is 2.66. The average Bonchev–Trinajstić information content (AvgIpc) is 2.03. The Morgan fingerprint density at radius 1 is 1.67 bits per heavy atom. The second-order valence-corrected chi connectivity index (χ2v) is 2.94. The van der Waals surface area contributed by atoms with Crippen molar-refractivity contribution in [2.75, 3.05) is 13.2 Å². The summed E-state index contributed by atoms with van der Waals surface area (Å²) in [5, 5.41) is 3.23. The molecule has 0 unspecified atom stereocenters. The second kappa shape index (κ2) is 4.00. The molecule has 0 aromatic heterocycles. The monoisotopic (exact) mass is 165 g/mol. The van der Waals surface area contributed by atoms with Crippen LogP contribution in [0.3, 0.4) is 0 Å². The van der Waals surface area contributed by atoms with E-state index in [4.69, 9.17) is 4.74 Å². The van der Waals surface area contributed by atoms with Crippen LogP contribution in [0.1, 0.15) is 13.8 Å². The minimum Gasteiger partial charge on any atom is -0.490 e. The van der Waals surface area contributed by atoms with E-state index in [9.17, 15) is 0 Å². The lowest BCUT2D eigenvalue weighted by Gasteiger charge is -2.18. The van der Waals surface area contributed by atoms with Gasteiger partial charge in [0.05, 0.1) is 5.70 Å². The molecule has 0 bridgehead atoms. The first kappa shape index (κ1) is 8.91. The Morgan fingerprint density at radius 3 is 3.00 bits per heavy atom. The Morgan fingerprint density at radius 2 is 2.42 bits per heavy atom. The average molecular weight is 165 g/mol. The van der Waals surface area contributed by atoms with Gasteiger partial charge in [-0.05, 0) is 19.9 Å². The Kier molecular flexibility index (Phi) is 2.97. The first-order valence-electron chi connectivity index (χ1n) is 4.11. The van der Waals surface area contributed by atoms with E-state index >= 15 is 0 Å². The van der Waals surface area contributed by atoms with Gasteiger partial charge in [0.25, 0.3) is 0 Å². The molecule has 0 saturated heterocycles. The number of hydrogen-bond donors (Lipinski definition) is 1. The fraction of sp³-hybridized carbons (Fsp3) is 0.400. The third-order valence-corrected chi connectivity index (χ3v) is 1.64. The summed E-state index contributed by atoms with van der Waals surface area (Å²) in [6.45, 7) is 9.39. The Hall–Kier alpha value is -1.18. The molecule has 1 rings (SSSR count). The molecule has 0 radical (unpaired) electrons. The van der Waals surface area contributed by atoms with E-state index in [1.807, 2.05) is 26.0 Å². The van der Waals surface area contributed by atoms with Gasteiger partial charge < -0.3 is 10.1 Å². The van der Waals surface area contributed by atoms with Crippen LogP contribution >= 0.6 is 0 Å². The smallest absolute Gasteiger partial charge is 0.137 e. The molecule has 1 aliphatic rings. The van der Waals surface area contributed by atoms with Crippen LogP contribution in [-0.2, 0) is 4.74 Å². The summed E-state index contributed by atoms with van der Waals surface area (Å²) in [5.41, 5.74) is 2.13. The van der Waals surface area contributed by atoms with Crippen LogP contribution in [0.4, 0.5) is 0 Å². The summed E-state index contributed by atoms with van der Waals surface area (Å²) in [7, 11) is 0. The Labute approximate surface area is 73.6 Å². The molecule has 12 heavy (non-hydrogen) atoms. The molecule has 0 spiro atoms. The minimum absolute atomic E-state index is 0.743. The van der Waals surface area contributed by atoms with Crippen molar-refractivity contribution in [2.24, 2.45) is 0 Å². The highest BCUT2D eigenvalue weighted by molar-refractivity contribution is 5.25. The van der Waals surface area contributed by atoms with Crippen LogP contribution in [0.25, 0.3) is 0 Å². The van der Waals surface area contributed by atoms with Crippen molar-refractivity contribution in [1.29, 1.82) is 0 Å². The van der Waals surface area contributed by atoms with Crippen LogP contribution in [0.5, 0.6) is 0 Å². The maximum Gasteiger partial charge on any atom is 0.137 e. The van der Waals surface area contributed by atoms with E-state index in [1.54, 1.807) is 0 Å². The van der Waals surface area contributed by atoms with Crippen LogP contribution in [0.2, 0.25) is 0 Å². The maximum atomic E-state index is 5.43. The molecular weight excluding hydrogens is 150 g/mol. The van der Waals surface area contributed by atoms with Crippen molar-refractivity contribution < 1.29 is 4.74 Å². The van der Waals surface area contributed by atoms with Crippen LogP contribution in [-0.4, -0.2) is 13.2 Å². The number of rotatable bonds is 2. The van der Waals surface area contributed by atoms with Gasteiger partial charge in [-0.3, -0.25) is 0 Å². The summed E-state index contributed by atoms with van der Waals surface area (Å²) in [4.78, 5) is 0. The normalized spacial score (nSPS) is 17.5. The number of allylic oxidation sites excluding steroid dienone is 4. The largest absolute Gasteiger partial charge is 0.490 e. The number of nitrogens with one attached hydrogen (secondary N) is 1. The standard InChI is InChI=1S/C10H15NO/c1-8(2)4-5-10-9(3)11-6-7-12-10/h4-5,11H,1,6-7H2,2-3H3/b5-4-. The maximum absolute atomic E-state index is 5.43. The molecule has 1 N–H and O–H groups in total. The first-order chi connectivity index (χ1) is 5.70. The van der Waals surface area contributed by atoms with Crippen molar-refractivity contribution in [2.45, 2.75) is 13.8 Å². The lowest BCUT2D eigenvalue weighted by molar-refractivity contribution is 0.204. The van der Waals surface area contributed by atoms with E-state index in [1.165, 1.54) is 0 Å². The van der Waals surface area contributed by atoms with Crippen molar-refractivity contribution in [1.82, 2.24) is 5.32 Å². The highest BCUT2D eigenvalue weighted by atomic mass is 16.5. The summed E-state index contributed by atoms with van der Waals surface area (Å²) in [6, 6.07) is 0. The molecule has 0 aromatic rings. The molecule has 0 aromatic carbocycles. The summed E-state index contributed by atoms with van der Waals surface area (Å²) in [5.74, 6) is 0.921. The highest BCUT2D eigenvalue weighted by Crippen LogP contribution is 2.09. The van der Waals surface area contributed by atoms with Gasteiger partial charge in [0.1, 0.15) is 12.4 Å². The molecular formula is C10H15NO. The second-order valence-electron chi connectivity index (χ2n) is 2.94. The third-order valence-electron chi connectivity index (χ3n) is 1.64. The van der Waals surface area contributed by atoms with Gasteiger partial charge in [-0.25, -0.2) is 0 Å². The van der Waals surface area contributed by atoms with Gasteiger partial charge in [0.15, 0.2) is 0 Å². The molecule has 0 fully saturated rings. The summed E-state index contributed by atoms with van der Waals surface area (Å²) >= 11 is 0. The predicted molar refractivity (Wildman–Crippen MR) is 50.6 cm³/mol. The SMILES string of the molecule is C=C(C)/C=C\C1=C(C)NCCO1. The fourth-order valence-electron chi connectivity index (χ4n) is 0.986. The van der Waals surface area contributed by atoms with Gasteiger partial charge in [0.2, 0.25) is 0 Å². The van der Waals surface area contributed by atoms with E-state index in [-0.39, 0.29) is 0 Å². The topological polar surface area (TPSA) is 21.3 Å². The van der Waals surface area contributed by atoms with Gasteiger partial charge in [-0.15, -0.1) is 0 Å². The highest BCUT2D eigenvalue weighted by Gasteiger charge is 2.05. The van der Waals surface area contributed by atoms with Crippen molar-refractivity contribution in [3.05, 3.63) is 35.8 Å². The van der Waals surface area contributed by atoms with Crippen LogP contribution in [0, 0.1) is 0 Å². The Bertz CT molecular complexity index is 238. The molecule has 0 atom stereocenters. The van der Waals surface area contributed by atoms with E-state index in [0.29, 0.717) is 0 Å². The zero-order valence-corrected chi connectivity index (χ0v) is 7.68. The lowest BCUT2D eigenvalue weighted by Crippen LogP contribution is -2.24. The van der Waals surface area contributed by atoms with E-state index in [0.717, 1.165) is 30.2 Å². The van der Waals surface area contributed by atoms with Crippen LogP contribution in [0.15, 0.2) is 35.8 Å². The first-order valence-corrected chi connectivity index (χ1v) is 4.11. The van der Waals surface area contributed by atoms with Gasteiger partial charge >= 0.3 is 0 Å². The number of hydrogen-bond acceptors (Lipinski definition) is 2. The van der Waals surface area contributed by atoms with Crippen molar-refractivity contribution in [3.63, 3.8) is 0 Å². The zero-order valence-electron chi connectivity index (χ0n) is 7.68. The lowest BCUT2D eigenvalue weighted by atomic mass is 10.2. The molecule has 66 valence electrons. The van der Waals surface area contributed by atoms with Gasteiger partial charge in [-0.1, -0.05) is 18.2 Å². The molecule has 1 heterocycles. The van der Waals surface area contributed by atoms with E-state index in [2.05, 4.69) is 11.9 Å². The van der Waals surface area contributed by atoms with Gasteiger partial charge in [-0.2, -0.15) is 0 Å². The third kappa shape index (κ3) is 2.46. The summed E-state index contributed by atoms with van der Waals surface area (Å²) in [6.07, 6.45) is 3.90.